The summed E-state index contributed by atoms with van der Waals surface area (Å²) >= 11 is 1.80. The number of thiazole rings is 1. The molecule has 0 spiro atoms. The van der Waals surface area contributed by atoms with Gasteiger partial charge in [-0.2, -0.15) is 0 Å². The van der Waals surface area contributed by atoms with E-state index in [1.54, 1.807) is 11.3 Å². The lowest BCUT2D eigenvalue weighted by atomic mass is 10.1. The number of nitrogens with zero attached hydrogens (tertiary/aromatic N) is 1. The average molecular weight is 240 g/mol. The second-order valence-electron chi connectivity index (χ2n) is 4.23. The molecule has 1 saturated heterocycles. The number of ether oxygens (including phenoxy) is 1. The number of nitrogens with one attached hydrogen (secondary N) is 1. The molecule has 0 aromatic carbocycles. The summed E-state index contributed by atoms with van der Waals surface area (Å²) in [6.45, 7) is 5.21. The van der Waals surface area contributed by atoms with Crippen LogP contribution in [-0.4, -0.2) is 24.7 Å². The molecule has 0 saturated carbocycles. The Morgan fingerprint density at radius 1 is 1.62 bits per heavy atom. The van der Waals surface area contributed by atoms with Gasteiger partial charge in [0.15, 0.2) is 0 Å². The van der Waals surface area contributed by atoms with Crippen LogP contribution >= 0.6 is 11.3 Å². The SMILES string of the molecule is CCc1nc(C(NC)C2CCCO2)sc1C. The van der Waals surface area contributed by atoms with Crippen LogP contribution < -0.4 is 5.32 Å². The Morgan fingerprint density at radius 2 is 2.44 bits per heavy atom. The van der Waals surface area contributed by atoms with Gasteiger partial charge in [-0.25, -0.2) is 4.98 Å². The maximum atomic E-state index is 5.75. The molecule has 0 radical (unpaired) electrons. The molecule has 4 heteroatoms. The Hall–Kier alpha value is -0.450. The van der Waals surface area contributed by atoms with Crippen LogP contribution in [0.2, 0.25) is 0 Å². The zero-order valence-electron chi connectivity index (χ0n) is 10.2. The molecule has 1 aliphatic rings. The van der Waals surface area contributed by atoms with Gasteiger partial charge in [0.2, 0.25) is 0 Å². The summed E-state index contributed by atoms with van der Waals surface area (Å²) in [5, 5.41) is 4.53. The Bertz CT molecular complexity index is 345. The Kier molecular flexibility index (Phi) is 3.95. The van der Waals surface area contributed by atoms with E-state index in [9.17, 15) is 0 Å². The van der Waals surface area contributed by atoms with Crippen molar-refractivity contribution in [2.75, 3.05) is 13.7 Å². The van der Waals surface area contributed by atoms with Gasteiger partial charge in [-0.05, 0) is 33.2 Å². The van der Waals surface area contributed by atoms with E-state index >= 15 is 0 Å². The van der Waals surface area contributed by atoms with Crippen molar-refractivity contribution in [2.45, 2.75) is 45.3 Å². The van der Waals surface area contributed by atoms with Crippen LogP contribution in [0.1, 0.15) is 41.4 Å². The second-order valence-corrected chi connectivity index (χ2v) is 5.46. The summed E-state index contributed by atoms with van der Waals surface area (Å²) in [6.07, 6.45) is 3.64. The number of aryl methyl sites for hydroxylation is 2. The number of rotatable bonds is 4. The minimum Gasteiger partial charge on any atom is -0.376 e. The van der Waals surface area contributed by atoms with Crippen LogP contribution in [0, 0.1) is 6.92 Å². The molecule has 2 atom stereocenters. The van der Waals surface area contributed by atoms with Crippen molar-refractivity contribution < 1.29 is 4.74 Å². The predicted octanol–water partition coefficient (Wildman–Crippen LogP) is 2.45. The number of hydrogen-bond donors (Lipinski definition) is 1. The first-order chi connectivity index (χ1) is 7.76. The molecule has 1 N–H and O–H groups in total. The van der Waals surface area contributed by atoms with Crippen molar-refractivity contribution in [3.63, 3.8) is 0 Å². The molecule has 0 bridgehead atoms. The fraction of sp³-hybridized carbons (Fsp3) is 0.750. The van der Waals surface area contributed by atoms with Crippen LogP contribution in [0.4, 0.5) is 0 Å². The molecule has 0 amide bonds. The summed E-state index contributed by atoms with van der Waals surface area (Å²) in [5.74, 6) is 0. The summed E-state index contributed by atoms with van der Waals surface area (Å²) in [4.78, 5) is 6.06. The van der Waals surface area contributed by atoms with Crippen LogP contribution in [-0.2, 0) is 11.2 Å². The Labute approximate surface area is 101 Å². The van der Waals surface area contributed by atoms with E-state index in [1.165, 1.54) is 22.0 Å². The fourth-order valence-corrected chi connectivity index (χ4v) is 3.42. The molecule has 3 nitrogen and oxygen atoms in total. The molecule has 16 heavy (non-hydrogen) atoms. The first kappa shape index (κ1) is 12.0. The highest BCUT2D eigenvalue weighted by Crippen LogP contribution is 2.30. The number of aromatic nitrogens is 1. The Balaban J connectivity index is 2.18. The summed E-state index contributed by atoms with van der Waals surface area (Å²) in [6, 6.07) is 0.270. The van der Waals surface area contributed by atoms with Crippen LogP contribution in [0.3, 0.4) is 0 Å². The Morgan fingerprint density at radius 3 is 2.94 bits per heavy atom. The third-order valence-corrected chi connectivity index (χ3v) is 4.25. The first-order valence-corrected chi connectivity index (χ1v) is 6.83. The van der Waals surface area contributed by atoms with Crippen molar-refractivity contribution in [1.29, 1.82) is 0 Å². The molecule has 2 heterocycles. The van der Waals surface area contributed by atoms with Gasteiger partial charge in [-0.15, -0.1) is 11.3 Å². The highest BCUT2D eigenvalue weighted by Gasteiger charge is 2.28. The lowest BCUT2D eigenvalue weighted by molar-refractivity contribution is 0.0806. The van der Waals surface area contributed by atoms with E-state index in [4.69, 9.17) is 9.72 Å². The molecule has 2 unspecified atom stereocenters. The smallest absolute Gasteiger partial charge is 0.113 e. The highest BCUT2D eigenvalue weighted by molar-refractivity contribution is 7.11. The molecule has 1 aromatic rings. The van der Waals surface area contributed by atoms with Gasteiger partial charge >= 0.3 is 0 Å². The van der Waals surface area contributed by atoms with Crippen molar-refractivity contribution in [3.05, 3.63) is 15.6 Å². The minimum absolute atomic E-state index is 0.270. The predicted molar refractivity (Wildman–Crippen MR) is 67.0 cm³/mol. The zero-order valence-corrected chi connectivity index (χ0v) is 11.1. The third kappa shape index (κ3) is 2.29. The van der Waals surface area contributed by atoms with Gasteiger partial charge in [0.05, 0.1) is 17.8 Å². The maximum absolute atomic E-state index is 5.75. The van der Waals surface area contributed by atoms with E-state index in [1.807, 2.05) is 7.05 Å². The highest BCUT2D eigenvalue weighted by atomic mass is 32.1. The van der Waals surface area contributed by atoms with Crippen LogP contribution in [0.15, 0.2) is 0 Å². The summed E-state index contributed by atoms with van der Waals surface area (Å²) in [5.41, 5.74) is 1.23. The third-order valence-electron chi connectivity index (χ3n) is 3.16. The van der Waals surface area contributed by atoms with Crippen molar-refractivity contribution in [1.82, 2.24) is 10.3 Å². The first-order valence-electron chi connectivity index (χ1n) is 6.01. The van der Waals surface area contributed by atoms with Gasteiger partial charge in [0, 0.05) is 11.5 Å². The van der Waals surface area contributed by atoms with Gasteiger partial charge in [-0.3, -0.25) is 0 Å². The minimum atomic E-state index is 0.270. The normalized spacial score (nSPS) is 22.6. The van der Waals surface area contributed by atoms with Crippen molar-refractivity contribution in [3.8, 4) is 0 Å². The van der Waals surface area contributed by atoms with E-state index < -0.39 is 0 Å². The molecule has 1 aromatic heterocycles. The number of likely N-dealkylation sites (N-methyl/N-ethyl adjacent to an activating group) is 1. The van der Waals surface area contributed by atoms with E-state index in [2.05, 4.69) is 19.2 Å². The number of hydrogen-bond acceptors (Lipinski definition) is 4. The lowest BCUT2D eigenvalue weighted by Crippen LogP contribution is -2.28. The average Bonchev–Trinajstić information content (AvgIpc) is 2.89. The molecule has 1 aliphatic heterocycles. The van der Waals surface area contributed by atoms with E-state index in [0.29, 0.717) is 6.10 Å². The molecular formula is C12H20N2OS. The maximum Gasteiger partial charge on any atom is 0.113 e. The van der Waals surface area contributed by atoms with Gasteiger partial charge in [0.25, 0.3) is 0 Å². The van der Waals surface area contributed by atoms with Crippen LogP contribution in [0.5, 0.6) is 0 Å². The molecular weight excluding hydrogens is 220 g/mol. The standard InChI is InChI=1S/C12H20N2OS/c1-4-9-8(2)16-12(14-9)11(13-3)10-6-5-7-15-10/h10-11,13H,4-7H2,1-3H3. The zero-order chi connectivity index (χ0) is 11.5. The van der Waals surface area contributed by atoms with Crippen molar-refractivity contribution in [2.24, 2.45) is 0 Å². The van der Waals surface area contributed by atoms with E-state index in [0.717, 1.165) is 19.4 Å². The molecule has 90 valence electrons. The van der Waals surface area contributed by atoms with Gasteiger partial charge < -0.3 is 10.1 Å². The molecule has 1 fully saturated rings. The summed E-state index contributed by atoms with van der Waals surface area (Å²) < 4.78 is 5.75. The van der Waals surface area contributed by atoms with E-state index in [-0.39, 0.29) is 6.04 Å². The van der Waals surface area contributed by atoms with Crippen molar-refractivity contribution >= 4 is 11.3 Å². The molecule has 2 rings (SSSR count). The molecule has 0 aliphatic carbocycles. The lowest BCUT2D eigenvalue weighted by Gasteiger charge is -2.19. The van der Waals surface area contributed by atoms with Gasteiger partial charge in [0.1, 0.15) is 5.01 Å². The topological polar surface area (TPSA) is 34.2 Å². The monoisotopic (exact) mass is 240 g/mol. The quantitative estimate of drug-likeness (QED) is 0.878. The largest absolute Gasteiger partial charge is 0.376 e. The fourth-order valence-electron chi connectivity index (χ4n) is 2.25. The van der Waals surface area contributed by atoms with Crippen LogP contribution in [0.25, 0.3) is 0 Å². The second kappa shape index (κ2) is 5.25. The summed E-state index contributed by atoms with van der Waals surface area (Å²) in [7, 11) is 1.99. The van der Waals surface area contributed by atoms with Gasteiger partial charge in [-0.1, -0.05) is 6.92 Å².